The summed E-state index contributed by atoms with van der Waals surface area (Å²) in [6.45, 7) is 4.31. The van der Waals surface area contributed by atoms with Crippen molar-refractivity contribution < 1.29 is 24.8 Å². The largest absolute Gasteiger partial charge is 0.388 e. The Bertz CT molecular complexity index is 223. The first-order valence-corrected chi connectivity index (χ1v) is 6.89. The third-order valence-corrected chi connectivity index (χ3v) is 3.34. The Morgan fingerprint density at radius 1 is 0.944 bits per heavy atom. The number of aliphatic hydroxyl groups excluding tert-OH is 3. The molecule has 0 aliphatic carbocycles. The molecule has 1 heterocycles. The fourth-order valence-corrected chi connectivity index (χ4v) is 2.06. The van der Waals surface area contributed by atoms with Gasteiger partial charge < -0.3 is 24.8 Å². The van der Waals surface area contributed by atoms with E-state index in [1.807, 2.05) is 0 Å². The summed E-state index contributed by atoms with van der Waals surface area (Å²) in [5.74, 6) is 0. The molecule has 108 valence electrons. The number of unbranched alkanes of at least 4 members (excludes halogenated alkanes) is 4. The summed E-state index contributed by atoms with van der Waals surface area (Å²) in [4.78, 5) is 0. The van der Waals surface area contributed by atoms with Crippen LogP contribution in [0.5, 0.6) is 0 Å². The van der Waals surface area contributed by atoms with Crippen molar-refractivity contribution in [3.8, 4) is 0 Å². The van der Waals surface area contributed by atoms with E-state index >= 15 is 0 Å². The number of hydrogen-bond donors (Lipinski definition) is 3. The highest BCUT2D eigenvalue weighted by molar-refractivity contribution is 4.87. The van der Waals surface area contributed by atoms with Gasteiger partial charge in [-0.15, -0.1) is 0 Å². The van der Waals surface area contributed by atoms with Gasteiger partial charge in [-0.2, -0.15) is 0 Å². The molecule has 1 saturated heterocycles. The maximum absolute atomic E-state index is 9.71. The van der Waals surface area contributed by atoms with Crippen molar-refractivity contribution in [1.82, 2.24) is 0 Å². The van der Waals surface area contributed by atoms with Crippen LogP contribution in [0.4, 0.5) is 0 Å². The van der Waals surface area contributed by atoms with Gasteiger partial charge in [0.15, 0.2) is 6.29 Å². The van der Waals surface area contributed by atoms with Crippen LogP contribution in [0, 0.1) is 0 Å². The maximum Gasteiger partial charge on any atom is 0.186 e. The highest BCUT2D eigenvalue weighted by Gasteiger charge is 2.42. The summed E-state index contributed by atoms with van der Waals surface area (Å²) in [6, 6.07) is 0. The van der Waals surface area contributed by atoms with Crippen LogP contribution >= 0.6 is 0 Å². The lowest BCUT2D eigenvalue weighted by molar-refractivity contribution is -0.293. The van der Waals surface area contributed by atoms with Gasteiger partial charge in [0.2, 0.25) is 0 Å². The summed E-state index contributed by atoms with van der Waals surface area (Å²) >= 11 is 0. The first-order chi connectivity index (χ1) is 8.57. The minimum atomic E-state index is -1.21. The van der Waals surface area contributed by atoms with Crippen molar-refractivity contribution >= 4 is 0 Å². The van der Waals surface area contributed by atoms with Crippen LogP contribution in [0.1, 0.15) is 46.0 Å². The zero-order chi connectivity index (χ0) is 13.5. The number of rotatable bonds is 7. The molecule has 1 fully saturated rings. The van der Waals surface area contributed by atoms with Crippen LogP contribution in [0.15, 0.2) is 0 Å². The van der Waals surface area contributed by atoms with Gasteiger partial charge >= 0.3 is 0 Å². The number of ether oxygens (including phenoxy) is 2. The smallest absolute Gasteiger partial charge is 0.186 e. The fourth-order valence-electron chi connectivity index (χ4n) is 2.06. The minimum Gasteiger partial charge on any atom is -0.388 e. The Labute approximate surface area is 109 Å². The molecular weight excluding hydrogens is 236 g/mol. The SMILES string of the molecule is CCCCCCCO[C@@H]1O[C@@H](C)[C@H](O)[C@@H](O)[C@H]1O. The topological polar surface area (TPSA) is 79.2 Å². The Morgan fingerprint density at radius 2 is 1.61 bits per heavy atom. The van der Waals surface area contributed by atoms with Gasteiger partial charge in [0.25, 0.3) is 0 Å². The van der Waals surface area contributed by atoms with Gasteiger partial charge in [0.1, 0.15) is 18.3 Å². The van der Waals surface area contributed by atoms with Crippen molar-refractivity contribution in [2.75, 3.05) is 6.61 Å². The van der Waals surface area contributed by atoms with Gasteiger partial charge in [0.05, 0.1) is 6.10 Å². The summed E-state index contributed by atoms with van der Waals surface area (Å²) in [6.07, 6.45) is 0.785. The average molecular weight is 262 g/mol. The molecule has 0 amide bonds. The lowest BCUT2D eigenvalue weighted by atomic mass is 10.0. The zero-order valence-corrected chi connectivity index (χ0v) is 11.3. The molecule has 0 spiro atoms. The molecule has 5 heteroatoms. The predicted molar refractivity (Wildman–Crippen MR) is 67.1 cm³/mol. The van der Waals surface area contributed by atoms with E-state index in [0.29, 0.717) is 6.61 Å². The Morgan fingerprint density at radius 3 is 2.28 bits per heavy atom. The summed E-state index contributed by atoms with van der Waals surface area (Å²) in [7, 11) is 0. The van der Waals surface area contributed by atoms with Crippen LogP contribution in [0.3, 0.4) is 0 Å². The molecule has 5 atom stereocenters. The monoisotopic (exact) mass is 262 g/mol. The standard InChI is InChI=1S/C13H26O5/c1-3-4-5-6-7-8-17-13-12(16)11(15)10(14)9(2)18-13/h9-16H,3-8H2,1-2H3/t9-,10-,11+,12+,13+/m0/s1. The van der Waals surface area contributed by atoms with E-state index in [2.05, 4.69) is 6.92 Å². The molecule has 0 radical (unpaired) electrons. The highest BCUT2D eigenvalue weighted by Crippen LogP contribution is 2.21. The molecule has 18 heavy (non-hydrogen) atoms. The van der Waals surface area contributed by atoms with Crippen LogP contribution in [0.2, 0.25) is 0 Å². The van der Waals surface area contributed by atoms with Gasteiger partial charge in [-0.05, 0) is 13.3 Å². The lowest BCUT2D eigenvalue weighted by Crippen LogP contribution is -2.57. The molecule has 0 unspecified atom stereocenters. The normalized spacial score (nSPS) is 36.8. The van der Waals surface area contributed by atoms with E-state index in [-0.39, 0.29) is 0 Å². The van der Waals surface area contributed by atoms with E-state index in [0.717, 1.165) is 12.8 Å². The molecule has 1 aliphatic heterocycles. The van der Waals surface area contributed by atoms with Crippen LogP contribution in [-0.4, -0.2) is 52.6 Å². The average Bonchev–Trinajstić information content (AvgIpc) is 2.37. The van der Waals surface area contributed by atoms with Crippen LogP contribution < -0.4 is 0 Å². The summed E-state index contributed by atoms with van der Waals surface area (Å²) in [5.41, 5.74) is 0. The van der Waals surface area contributed by atoms with Crippen molar-refractivity contribution in [1.29, 1.82) is 0 Å². The molecule has 0 aromatic heterocycles. The molecule has 5 nitrogen and oxygen atoms in total. The molecule has 0 aromatic carbocycles. The summed E-state index contributed by atoms with van der Waals surface area (Å²) < 4.78 is 10.7. The third-order valence-electron chi connectivity index (χ3n) is 3.34. The van der Waals surface area contributed by atoms with E-state index in [9.17, 15) is 15.3 Å². The molecule has 3 N–H and O–H groups in total. The number of aliphatic hydroxyl groups is 3. The zero-order valence-electron chi connectivity index (χ0n) is 11.3. The third kappa shape index (κ3) is 4.48. The van der Waals surface area contributed by atoms with Crippen LogP contribution in [0.25, 0.3) is 0 Å². The minimum absolute atomic E-state index is 0.501. The van der Waals surface area contributed by atoms with Gasteiger partial charge in [-0.3, -0.25) is 0 Å². The highest BCUT2D eigenvalue weighted by atomic mass is 16.7. The van der Waals surface area contributed by atoms with Crippen molar-refractivity contribution in [2.45, 2.75) is 76.7 Å². The molecule has 0 bridgehead atoms. The number of hydrogen-bond acceptors (Lipinski definition) is 5. The molecular formula is C13H26O5. The molecule has 0 aromatic rings. The lowest BCUT2D eigenvalue weighted by Gasteiger charge is -2.38. The van der Waals surface area contributed by atoms with E-state index in [1.165, 1.54) is 19.3 Å². The second-order valence-electron chi connectivity index (χ2n) is 4.97. The maximum atomic E-state index is 9.71. The van der Waals surface area contributed by atoms with Crippen molar-refractivity contribution in [3.63, 3.8) is 0 Å². The molecule has 1 aliphatic rings. The Kier molecular flexibility index (Phi) is 7.11. The van der Waals surface area contributed by atoms with E-state index in [4.69, 9.17) is 9.47 Å². The van der Waals surface area contributed by atoms with Gasteiger partial charge in [0, 0.05) is 6.61 Å². The van der Waals surface area contributed by atoms with E-state index in [1.54, 1.807) is 6.92 Å². The summed E-state index contributed by atoms with van der Waals surface area (Å²) in [5, 5.41) is 28.8. The van der Waals surface area contributed by atoms with Gasteiger partial charge in [-0.25, -0.2) is 0 Å². The first-order valence-electron chi connectivity index (χ1n) is 6.89. The quantitative estimate of drug-likeness (QED) is 0.591. The molecule has 1 rings (SSSR count). The van der Waals surface area contributed by atoms with Crippen molar-refractivity contribution in [2.24, 2.45) is 0 Å². The Hall–Kier alpha value is -0.200. The second kappa shape index (κ2) is 8.07. The van der Waals surface area contributed by atoms with Crippen molar-refractivity contribution in [3.05, 3.63) is 0 Å². The Balaban J connectivity index is 2.21. The second-order valence-corrected chi connectivity index (χ2v) is 4.97. The predicted octanol–water partition coefficient (Wildman–Crippen LogP) is 0.801. The van der Waals surface area contributed by atoms with E-state index < -0.39 is 30.7 Å². The molecule has 0 saturated carbocycles. The first kappa shape index (κ1) is 15.9. The van der Waals surface area contributed by atoms with Gasteiger partial charge in [-0.1, -0.05) is 32.6 Å². The van der Waals surface area contributed by atoms with Crippen LogP contribution in [-0.2, 0) is 9.47 Å². The fraction of sp³-hybridized carbons (Fsp3) is 1.00.